The third kappa shape index (κ3) is 4.07. The number of carboxylic acid groups (broad SMARTS) is 1. The maximum Gasteiger partial charge on any atom is 0.317 e. The highest BCUT2D eigenvalue weighted by Crippen LogP contribution is 2.34. The lowest BCUT2D eigenvalue weighted by atomic mass is 9.85. The second-order valence-corrected chi connectivity index (χ2v) is 8.48. The summed E-state index contributed by atoms with van der Waals surface area (Å²) in [5.74, 6) is -0.115. The molecule has 0 spiro atoms. The van der Waals surface area contributed by atoms with Crippen LogP contribution in [0.2, 0.25) is 0 Å². The van der Waals surface area contributed by atoms with Crippen molar-refractivity contribution in [2.75, 3.05) is 13.1 Å². The first-order valence-electron chi connectivity index (χ1n) is 10.1. The average Bonchev–Trinajstić information content (AvgIpc) is 3.32. The van der Waals surface area contributed by atoms with E-state index in [-0.39, 0.29) is 24.5 Å². The fourth-order valence-electron chi connectivity index (χ4n) is 4.13. The maximum atomic E-state index is 12.5. The van der Waals surface area contributed by atoms with Crippen LogP contribution < -0.4 is 5.32 Å². The molecule has 1 heterocycles. The molecule has 0 unspecified atom stereocenters. The minimum Gasteiger partial charge on any atom is -0.480 e. The lowest BCUT2D eigenvalue weighted by Crippen LogP contribution is -2.55. The predicted molar refractivity (Wildman–Crippen MR) is 106 cm³/mol. The molecule has 1 aromatic heterocycles. The van der Waals surface area contributed by atoms with E-state index in [1.165, 1.54) is 18.4 Å². The predicted octanol–water partition coefficient (Wildman–Crippen LogP) is 3.04. The molecule has 1 aromatic carbocycles. The molecule has 0 radical (unpaired) electrons. The van der Waals surface area contributed by atoms with Crippen LogP contribution >= 0.6 is 0 Å². The number of aryl methyl sites for hydroxylation is 2. The first-order chi connectivity index (χ1) is 13.4. The van der Waals surface area contributed by atoms with Gasteiger partial charge in [0.15, 0.2) is 0 Å². The highest BCUT2D eigenvalue weighted by molar-refractivity contribution is 5.89. The van der Waals surface area contributed by atoms with Crippen LogP contribution in [-0.4, -0.2) is 47.1 Å². The van der Waals surface area contributed by atoms with E-state index >= 15 is 0 Å². The Balaban J connectivity index is 1.30. The number of rotatable bonds is 8. The van der Waals surface area contributed by atoms with Gasteiger partial charge in [-0.3, -0.25) is 14.5 Å². The summed E-state index contributed by atoms with van der Waals surface area (Å²) >= 11 is 0. The number of hydrogen-bond acceptors (Lipinski definition) is 4. The van der Waals surface area contributed by atoms with Gasteiger partial charge >= 0.3 is 5.97 Å². The van der Waals surface area contributed by atoms with Crippen molar-refractivity contribution in [3.8, 4) is 0 Å². The molecule has 0 bridgehead atoms. The Hall–Kier alpha value is -2.34. The summed E-state index contributed by atoms with van der Waals surface area (Å²) in [5.41, 5.74) is 4.05. The molecule has 2 saturated carbocycles. The Morgan fingerprint density at radius 1 is 1.25 bits per heavy atom. The monoisotopic (exact) mass is 384 g/mol. The van der Waals surface area contributed by atoms with Gasteiger partial charge in [0.1, 0.15) is 5.58 Å². The zero-order valence-electron chi connectivity index (χ0n) is 16.5. The summed E-state index contributed by atoms with van der Waals surface area (Å²) < 4.78 is 5.69. The van der Waals surface area contributed by atoms with Gasteiger partial charge in [0.05, 0.1) is 19.2 Å². The minimum absolute atomic E-state index is 0.00337. The smallest absolute Gasteiger partial charge is 0.317 e. The van der Waals surface area contributed by atoms with Gasteiger partial charge < -0.3 is 14.8 Å². The van der Waals surface area contributed by atoms with Crippen molar-refractivity contribution < 1.29 is 19.1 Å². The van der Waals surface area contributed by atoms with Crippen LogP contribution in [0.5, 0.6) is 0 Å². The number of nitrogens with one attached hydrogen (secondary N) is 1. The highest BCUT2D eigenvalue weighted by atomic mass is 16.4. The van der Waals surface area contributed by atoms with Crippen molar-refractivity contribution in [2.45, 2.75) is 58.0 Å². The van der Waals surface area contributed by atoms with Crippen molar-refractivity contribution in [3.63, 3.8) is 0 Å². The van der Waals surface area contributed by atoms with Crippen LogP contribution in [0.3, 0.4) is 0 Å². The fourth-order valence-corrected chi connectivity index (χ4v) is 4.13. The summed E-state index contributed by atoms with van der Waals surface area (Å²) in [6, 6.07) is 4.48. The Bertz CT molecular complexity index is 893. The molecule has 2 N–H and O–H groups in total. The number of carbonyl (C=O) groups is 2. The molecule has 4 rings (SSSR count). The molecule has 0 aliphatic heterocycles. The van der Waals surface area contributed by atoms with Gasteiger partial charge in [-0.2, -0.15) is 0 Å². The Morgan fingerprint density at radius 3 is 2.68 bits per heavy atom. The van der Waals surface area contributed by atoms with E-state index in [0.29, 0.717) is 12.3 Å². The molecule has 150 valence electrons. The van der Waals surface area contributed by atoms with Crippen molar-refractivity contribution in [1.82, 2.24) is 10.2 Å². The van der Waals surface area contributed by atoms with Crippen LogP contribution in [0.15, 0.2) is 22.8 Å². The molecule has 2 fully saturated rings. The van der Waals surface area contributed by atoms with Crippen molar-refractivity contribution in [1.29, 1.82) is 0 Å². The van der Waals surface area contributed by atoms with Gasteiger partial charge in [-0.25, -0.2) is 0 Å². The van der Waals surface area contributed by atoms with E-state index in [2.05, 4.69) is 16.3 Å². The van der Waals surface area contributed by atoms with Crippen LogP contribution in [0, 0.1) is 19.8 Å². The SMILES string of the molecule is Cc1ccc2c(CC(=O)NC3CC(N(CC(=O)O)CC4CC4)C3)coc2c1C. The number of carboxylic acids is 1. The van der Waals surface area contributed by atoms with Gasteiger partial charge in [0.2, 0.25) is 5.91 Å². The summed E-state index contributed by atoms with van der Waals surface area (Å²) in [7, 11) is 0. The number of carbonyl (C=O) groups excluding carboxylic acids is 1. The van der Waals surface area contributed by atoms with Crippen LogP contribution in [0.1, 0.15) is 42.4 Å². The number of furan rings is 1. The van der Waals surface area contributed by atoms with E-state index in [4.69, 9.17) is 9.52 Å². The van der Waals surface area contributed by atoms with Gasteiger partial charge in [0, 0.05) is 29.6 Å². The number of amides is 1. The normalized spacial score (nSPS) is 21.7. The quantitative estimate of drug-likeness (QED) is 0.731. The zero-order valence-corrected chi connectivity index (χ0v) is 16.5. The molecular formula is C22H28N2O4. The van der Waals surface area contributed by atoms with Crippen molar-refractivity contribution in [2.24, 2.45) is 5.92 Å². The van der Waals surface area contributed by atoms with Gasteiger partial charge in [-0.05, 0) is 56.6 Å². The topological polar surface area (TPSA) is 82.8 Å². The van der Waals surface area contributed by atoms with Crippen LogP contribution in [0.25, 0.3) is 11.0 Å². The minimum atomic E-state index is -0.773. The molecule has 6 heteroatoms. The molecule has 2 aromatic rings. The molecule has 6 nitrogen and oxygen atoms in total. The average molecular weight is 384 g/mol. The van der Waals surface area contributed by atoms with E-state index in [9.17, 15) is 9.59 Å². The Kier molecular flexibility index (Phi) is 5.15. The number of nitrogens with zero attached hydrogens (tertiary/aromatic N) is 1. The molecule has 0 saturated heterocycles. The Morgan fingerprint density at radius 2 is 2.00 bits per heavy atom. The van der Waals surface area contributed by atoms with Gasteiger partial charge in [0.25, 0.3) is 0 Å². The number of hydrogen-bond donors (Lipinski definition) is 2. The number of benzene rings is 1. The third-order valence-corrected chi connectivity index (χ3v) is 6.22. The van der Waals surface area contributed by atoms with Gasteiger partial charge in [-0.15, -0.1) is 0 Å². The first kappa shape index (κ1) is 19.0. The van der Waals surface area contributed by atoms with Crippen LogP contribution in [0.4, 0.5) is 0 Å². The second kappa shape index (κ2) is 7.59. The van der Waals surface area contributed by atoms with E-state index in [0.717, 1.165) is 41.5 Å². The van der Waals surface area contributed by atoms with Crippen LogP contribution in [-0.2, 0) is 16.0 Å². The highest BCUT2D eigenvalue weighted by Gasteiger charge is 2.37. The molecule has 2 aliphatic rings. The van der Waals surface area contributed by atoms with E-state index < -0.39 is 5.97 Å². The maximum absolute atomic E-state index is 12.5. The standard InChI is InChI=1S/C22H28N2O4/c1-13-3-6-19-16(12-28-22(19)14(13)2)7-20(25)23-17-8-18(9-17)24(11-21(26)27)10-15-4-5-15/h3,6,12,15,17-18H,4-5,7-11H2,1-2H3,(H,23,25)(H,26,27). The fraction of sp³-hybridized carbons (Fsp3) is 0.545. The molecular weight excluding hydrogens is 356 g/mol. The molecule has 28 heavy (non-hydrogen) atoms. The largest absolute Gasteiger partial charge is 0.480 e. The third-order valence-electron chi connectivity index (χ3n) is 6.22. The molecule has 2 aliphatic carbocycles. The summed E-state index contributed by atoms with van der Waals surface area (Å²) in [6.45, 7) is 5.05. The van der Waals surface area contributed by atoms with E-state index in [1.54, 1.807) is 6.26 Å². The first-order valence-corrected chi connectivity index (χ1v) is 10.1. The Labute approximate surface area is 164 Å². The zero-order chi connectivity index (χ0) is 19.8. The second-order valence-electron chi connectivity index (χ2n) is 8.48. The summed E-state index contributed by atoms with van der Waals surface area (Å²) in [5, 5.41) is 13.2. The lowest BCUT2D eigenvalue weighted by Gasteiger charge is -2.42. The summed E-state index contributed by atoms with van der Waals surface area (Å²) in [6.07, 6.45) is 6.07. The van der Waals surface area contributed by atoms with E-state index in [1.807, 2.05) is 19.9 Å². The number of fused-ring (bicyclic) bond motifs is 1. The summed E-state index contributed by atoms with van der Waals surface area (Å²) in [4.78, 5) is 25.7. The van der Waals surface area contributed by atoms with Gasteiger partial charge in [-0.1, -0.05) is 12.1 Å². The molecule has 0 atom stereocenters. The van der Waals surface area contributed by atoms with Crippen molar-refractivity contribution in [3.05, 3.63) is 35.1 Å². The lowest BCUT2D eigenvalue weighted by molar-refractivity contribution is -0.140. The number of aliphatic carboxylic acids is 1. The molecule has 1 amide bonds. The van der Waals surface area contributed by atoms with Crippen molar-refractivity contribution >= 4 is 22.8 Å².